The first-order chi connectivity index (χ1) is 16.2. The summed E-state index contributed by atoms with van der Waals surface area (Å²) in [6.45, 7) is 1.35. The van der Waals surface area contributed by atoms with Crippen LogP contribution >= 0.6 is 23.2 Å². The van der Waals surface area contributed by atoms with Gasteiger partial charge in [0.15, 0.2) is 5.75 Å². The Morgan fingerprint density at radius 1 is 1.12 bits per heavy atom. The lowest BCUT2D eigenvalue weighted by Crippen LogP contribution is -2.29. The third-order valence-electron chi connectivity index (χ3n) is 5.18. The molecule has 0 saturated carbocycles. The number of methoxy groups -OCH3 is 1. The van der Waals surface area contributed by atoms with Crippen molar-refractivity contribution in [1.29, 1.82) is 0 Å². The first-order valence-electron chi connectivity index (χ1n) is 9.98. The van der Waals surface area contributed by atoms with Crippen molar-refractivity contribution in [2.24, 2.45) is 0 Å². The van der Waals surface area contributed by atoms with Crippen LogP contribution in [0.15, 0.2) is 64.8 Å². The van der Waals surface area contributed by atoms with E-state index in [1.165, 1.54) is 37.3 Å². The van der Waals surface area contributed by atoms with Gasteiger partial charge in [-0.2, -0.15) is 0 Å². The molecule has 1 atom stereocenters. The number of hydrogen-bond donors (Lipinski definition) is 2. The van der Waals surface area contributed by atoms with Crippen molar-refractivity contribution < 1.29 is 28.6 Å². The topological polar surface area (TPSA) is 109 Å². The summed E-state index contributed by atoms with van der Waals surface area (Å²) in [6.07, 6.45) is 1.39. The number of nitrogens with zero attached hydrogens (tertiary/aromatic N) is 1. The van der Waals surface area contributed by atoms with Crippen LogP contribution in [0, 0.1) is 0 Å². The zero-order valence-corrected chi connectivity index (χ0v) is 19.5. The molecule has 10 heteroatoms. The van der Waals surface area contributed by atoms with Crippen LogP contribution in [-0.4, -0.2) is 29.8 Å². The summed E-state index contributed by atoms with van der Waals surface area (Å²) in [7, 11) is 1.39. The molecule has 34 heavy (non-hydrogen) atoms. The molecule has 1 aliphatic heterocycles. The number of aliphatic hydroxyl groups excluding tert-OH is 1. The van der Waals surface area contributed by atoms with Crippen molar-refractivity contribution in [2.75, 3.05) is 17.3 Å². The van der Waals surface area contributed by atoms with Crippen LogP contribution in [0.3, 0.4) is 0 Å². The van der Waals surface area contributed by atoms with Gasteiger partial charge in [-0.05, 0) is 42.5 Å². The van der Waals surface area contributed by atoms with E-state index in [0.717, 1.165) is 0 Å². The minimum atomic E-state index is -1.08. The minimum absolute atomic E-state index is 0.114. The smallest absolute Gasteiger partial charge is 0.300 e. The monoisotopic (exact) mass is 500 g/mol. The first-order valence-corrected chi connectivity index (χ1v) is 10.7. The SMILES string of the molecule is COc1c(Cl)cc(/C(O)=C2/C(=O)C(=O)N(c3cccc(NC(C)=O)c3)C2c2ccco2)cc1Cl. The maximum Gasteiger partial charge on any atom is 0.300 e. The van der Waals surface area contributed by atoms with Crippen molar-refractivity contribution >= 4 is 57.9 Å². The number of Topliss-reactive ketones (excluding diaryl/α,β-unsaturated/α-hetero) is 1. The quantitative estimate of drug-likeness (QED) is 0.283. The van der Waals surface area contributed by atoms with Gasteiger partial charge in [-0.25, -0.2) is 0 Å². The molecule has 0 spiro atoms. The van der Waals surface area contributed by atoms with Crippen LogP contribution in [0.1, 0.15) is 24.3 Å². The summed E-state index contributed by atoms with van der Waals surface area (Å²) in [5, 5.41) is 14.0. The van der Waals surface area contributed by atoms with E-state index in [-0.39, 0.29) is 38.6 Å². The Bertz CT molecular complexity index is 1310. The van der Waals surface area contributed by atoms with E-state index in [9.17, 15) is 19.5 Å². The molecule has 1 aliphatic rings. The highest BCUT2D eigenvalue weighted by Gasteiger charge is 2.48. The molecule has 2 amide bonds. The third-order valence-corrected chi connectivity index (χ3v) is 5.74. The van der Waals surface area contributed by atoms with Gasteiger partial charge < -0.3 is 19.6 Å². The Morgan fingerprint density at radius 2 is 1.82 bits per heavy atom. The van der Waals surface area contributed by atoms with Crippen molar-refractivity contribution in [3.8, 4) is 5.75 Å². The van der Waals surface area contributed by atoms with E-state index in [0.29, 0.717) is 11.4 Å². The third kappa shape index (κ3) is 4.13. The molecular weight excluding hydrogens is 483 g/mol. The van der Waals surface area contributed by atoms with Gasteiger partial charge in [0.1, 0.15) is 17.6 Å². The fraction of sp³-hybridized carbons (Fsp3) is 0.125. The van der Waals surface area contributed by atoms with Gasteiger partial charge in [0, 0.05) is 23.9 Å². The van der Waals surface area contributed by atoms with Gasteiger partial charge in [-0.1, -0.05) is 29.3 Å². The van der Waals surface area contributed by atoms with Crippen LogP contribution < -0.4 is 15.0 Å². The number of ketones is 1. The molecule has 0 bridgehead atoms. The molecule has 2 heterocycles. The number of hydrogen-bond acceptors (Lipinski definition) is 6. The van der Waals surface area contributed by atoms with Gasteiger partial charge >= 0.3 is 0 Å². The van der Waals surface area contributed by atoms with Crippen LogP contribution in [0.5, 0.6) is 5.75 Å². The number of carbonyl (C=O) groups is 3. The van der Waals surface area contributed by atoms with Crippen LogP contribution in [0.2, 0.25) is 10.0 Å². The number of aliphatic hydroxyl groups is 1. The fourth-order valence-corrected chi connectivity index (χ4v) is 4.44. The summed E-state index contributed by atoms with van der Waals surface area (Å²) in [6, 6.07) is 11.3. The molecule has 2 N–H and O–H groups in total. The molecule has 8 nitrogen and oxygen atoms in total. The van der Waals surface area contributed by atoms with E-state index in [1.54, 1.807) is 36.4 Å². The van der Waals surface area contributed by atoms with Crippen LogP contribution in [0.25, 0.3) is 5.76 Å². The Kier molecular flexibility index (Phi) is 6.37. The number of carbonyl (C=O) groups excluding carboxylic acids is 3. The summed E-state index contributed by atoms with van der Waals surface area (Å²) in [5.74, 6) is -2.13. The zero-order chi connectivity index (χ0) is 24.6. The lowest BCUT2D eigenvalue weighted by atomic mass is 9.99. The number of rotatable bonds is 5. The van der Waals surface area contributed by atoms with Crippen molar-refractivity contribution in [1.82, 2.24) is 0 Å². The van der Waals surface area contributed by atoms with Gasteiger partial charge in [0.05, 0.1) is 29.0 Å². The predicted octanol–water partition coefficient (Wildman–Crippen LogP) is 5.18. The molecule has 3 aromatic rings. The molecule has 1 aromatic heterocycles. The maximum atomic E-state index is 13.2. The van der Waals surface area contributed by atoms with Gasteiger partial charge in [-0.3, -0.25) is 19.3 Å². The Hall–Kier alpha value is -3.75. The van der Waals surface area contributed by atoms with E-state index >= 15 is 0 Å². The molecule has 0 radical (unpaired) electrons. The number of halogens is 2. The van der Waals surface area contributed by atoms with E-state index < -0.39 is 23.5 Å². The van der Waals surface area contributed by atoms with E-state index in [4.69, 9.17) is 32.4 Å². The second-order valence-electron chi connectivity index (χ2n) is 7.39. The molecule has 1 unspecified atom stereocenters. The van der Waals surface area contributed by atoms with Gasteiger partial charge in [-0.15, -0.1) is 0 Å². The highest BCUT2D eigenvalue weighted by molar-refractivity contribution is 6.51. The average molecular weight is 501 g/mol. The van der Waals surface area contributed by atoms with Gasteiger partial charge in [0.2, 0.25) is 5.91 Å². The highest BCUT2D eigenvalue weighted by atomic mass is 35.5. The molecule has 1 fully saturated rings. The van der Waals surface area contributed by atoms with Crippen molar-refractivity contribution in [3.63, 3.8) is 0 Å². The van der Waals surface area contributed by atoms with Gasteiger partial charge in [0.25, 0.3) is 11.7 Å². The molecule has 174 valence electrons. The number of nitrogens with one attached hydrogen (secondary N) is 1. The normalized spacial score (nSPS) is 17.2. The molecular formula is C24H18Cl2N2O6. The standard InChI is InChI=1S/C24H18Cl2N2O6/c1-12(29)27-14-5-3-6-15(11-14)28-20(18-7-4-8-34-18)19(22(31)24(28)32)21(30)13-9-16(25)23(33-2)17(26)10-13/h3-11,20,30H,1-2H3,(H,27,29)/b21-19-. The maximum absolute atomic E-state index is 13.2. The minimum Gasteiger partial charge on any atom is -0.507 e. The molecule has 4 rings (SSSR count). The van der Waals surface area contributed by atoms with E-state index in [2.05, 4.69) is 5.32 Å². The van der Waals surface area contributed by atoms with Crippen molar-refractivity contribution in [2.45, 2.75) is 13.0 Å². The first kappa shape index (κ1) is 23.4. The number of ether oxygens (including phenoxy) is 1. The molecule has 0 aliphatic carbocycles. The summed E-state index contributed by atoms with van der Waals surface area (Å²) in [4.78, 5) is 39.0. The predicted molar refractivity (Wildman–Crippen MR) is 127 cm³/mol. The zero-order valence-electron chi connectivity index (χ0n) is 18.0. The lowest BCUT2D eigenvalue weighted by Gasteiger charge is -2.24. The molecule has 2 aromatic carbocycles. The summed E-state index contributed by atoms with van der Waals surface area (Å²) >= 11 is 12.4. The van der Waals surface area contributed by atoms with Crippen molar-refractivity contribution in [3.05, 3.63) is 81.7 Å². The summed E-state index contributed by atoms with van der Waals surface area (Å²) in [5.41, 5.74) is 0.665. The number of benzene rings is 2. The van der Waals surface area contributed by atoms with Crippen LogP contribution in [0.4, 0.5) is 11.4 Å². The summed E-state index contributed by atoms with van der Waals surface area (Å²) < 4.78 is 10.7. The second-order valence-corrected chi connectivity index (χ2v) is 8.20. The number of furan rings is 1. The highest BCUT2D eigenvalue weighted by Crippen LogP contribution is 2.44. The average Bonchev–Trinajstić information content (AvgIpc) is 3.40. The number of anilines is 2. The Balaban J connectivity index is 1.90. The Morgan fingerprint density at radius 3 is 2.41 bits per heavy atom. The van der Waals surface area contributed by atoms with Crippen LogP contribution in [-0.2, 0) is 14.4 Å². The largest absolute Gasteiger partial charge is 0.507 e. The Labute approximate surface area is 204 Å². The lowest BCUT2D eigenvalue weighted by molar-refractivity contribution is -0.132. The number of amides is 2. The molecule has 1 saturated heterocycles. The second kappa shape index (κ2) is 9.24. The van der Waals surface area contributed by atoms with E-state index in [1.807, 2.05) is 0 Å². The fourth-order valence-electron chi connectivity index (χ4n) is 3.80.